The third kappa shape index (κ3) is 7.33. The first-order valence-electron chi connectivity index (χ1n) is 11.7. The molecule has 0 saturated heterocycles. The van der Waals surface area contributed by atoms with Crippen LogP contribution in [-0.4, -0.2) is 51.1 Å². The van der Waals surface area contributed by atoms with Crippen molar-refractivity contribution in [3.8, 4) is 0 Å². The van der Waals surface area contributed by atoms with Gasteiger partial charge >= 0.3 is 0 Å². The number of carbonyl (C=O) groups is 2. The molecule has 35 heavy (non-hydrogen) atoms. The predicted octanol–water partition coefficient (Wildman–Crippen LogP) is 2.47. The molecule has 0 radical (unpaired) electrons. The monoisotopic (exact) mass is 506 g/mol. The largest absolute Gasteiger partial charge is 0.369 e. The third-order valence-corrected chi connectivity index (χ3v) is 6.21. The van der Waals surface area contributed by atoms with E-state index in [9.17, 15) is 14.0 Å². The van der Waals surface area contributed by atoms with Crippen molar-refractivity contribution in [2.75, 3.05) is 0 Å². The Balaban J connectivity index is 1.64. The second-order valence-electron chi connectivity index (χ2n) is 8.66. The Morgan fingerprint density at radius 3 is 2.74 bits per heavy atom. The summed E-state index contributed by atoms with van der Waals surface area (Å²) in [7, 11) is 0. The summed E-state index contributed by atoms with van der Waals surface area (Å²) in [5.41, 5.74) is 8.07. The van der Waals surface area contributed by atoms with Crippen LogP contribution in [0.15, 0.2) is 36.0 Å². The smallest absolute Gasteiger partial charge is 0.247 e. The van der Waals surface area contributed by atoms with E-state index in [1.54, 1.807) is 23.0 Å². The van der Waals surface area contributed by atoms with Gasteiger partial charge in [-0.15, -0.1) is 5.10 Å². The summed E-state index contributed by atoms with van der Waals surface area (Å²) >= 11 is 5.72. The van der Waals surface area contributed by atoms with Gasteiger partial charge in [-0.1, -0.05) is 36.7 Å². The van der Waals surface area contributed by atoms with Gasteiger partial charge in [0.15, 0.2) is 0 Å². The fraction of sp³-hybridized carbons (Fsp3) is 0.500. The third-order valence-electron chi connectivity index (χ3n) is 5.90. The molecule has 0 unspecified atom stereocenters. The first-order chi connectivity index (χ1) is 16.7. The molecular weight excluding hydrogens is 475 g/mol. The molecule has 1 aliphatic rings. The summed E-state index contributed by atoms with van der Waals surface area (Å²) in [4.78, 5) is 24.6. The van der Waals surface area contributed by atoms with E-state index in [2.05, 4.69) is 20.9 Å². The lowest BCUT2D eigenvalue weighted by molar-refractivity contribution is -0.121. The maximum absolute atomic E-state index is 13.7. The van der Waals surface area contributed by atoms with Gasteiger partial charge in [0, 0.05) is 18.5 Å². The molecule has 1 aliphatic carbocycles. The number of ether oxygens (including phenoxy) is 1. The minimum Gasteiger partial charge on any atom is -0.369 e. The van der Waals surface area contributed by atoms with Crippen LogP contribution in [0.5, 0.6) is 0 Å². The quantitative estimate of drug-likeness (QED) is 0.454. The molecule has 1 aromatic heterocycles. The molecule has 11 heteroatoms. The molecule has 0 spiro atoms. The van der Waals surface area contributed by atoms with Gasteiger partial charge in [-0.2, -0.15) is 0 Å². The van der Waals surface area contributed by atoms with E-state index in [4.69, 9.17) is 22.1 Å². The van der Waals surface area contributed by atoms with Gasteiger partial charge in [-0.25, -0.2) is 9.07 Å². The van der Waals surface area contributed by atoms with Crippen molar-refractivity contribution in [3.63, 3.8) is 0 Å². The van der Waals surface area contributed by atoms with Crippen molar-refractivity contribution in [2.24, 2.45) is 5.73 Å². The lowest BCUT2D eigenvalue weighted by Gasteiger charge is -2.36. The number of carbonyl (C=O) groups excluding carboxylic acids is 2. The molecular formula is C24H32ClFN6O3. The summed E-state index contributed by atoms with van der Waals surface area (Å²) in [5, 5.41) is 13.9. The van der Waals surface area contributed by atoms with Crippen LogP contribution in [0.1, 0.15) is 51.3 Å². The van der Waals surface area contributed by atoms with Crippen LogP contribution in [0.2, 0.25) is 5.02 Å². The number of rotatable bonds is 10. The topological polar surface area (TPSA) is 124 Å². The van der Waals surface area contributed by atoms with E-state index < -0.39 is 24.0 Å². The van der Waals surface area contributed by atoms with Crippen LogP contribution >= 0.6 is 11.6 Å². The van der Waals surface area contributed by atoms with Crippen molar-refractivity contribution < 1.29 is 18.7 Å². The number of amides is 2. The van der Waals surface area contributed by atoms with E-state index >= 15 is 0 Å². The molecule has 2 aromatic rings. The highest BCUT2D eigenvalue weighted by atomic mass is 35.5. The lowest BCUT2D eigenvalue weighted by Crippen LogP contribution is -2.57. The highest BCUT2D eigenvalue weighted by Crippen LogP contribution is 2.23. The SMILES string of the molecule is CCC(CC)O[C@@H]1C=C(C(=O)NCc2cn(Cc3ccc(Cl)c(F)c3)nn2)C[C@H](N)[C@H]1NC(C)=O. The Morgan fingerprint density at radius 2 is 2.09 bits per heavy atom. The maximum Gasteiger partial charge on any atom is 0.247 e. The lowest BCUT2D eigenvalue weighted by atomic mass is 9.87. The molecule has 0 aliphatic heterocycles. The van der Waals surface area contributed by atoms with Gasteiger partial charge in [0.25, 0.3) is 0 Å². The zero-order valence-corrected chi connectivity index (χ0v) is 20.9. The molecule has 3 rings (SSSR count). The molecule has 1 aromatic carbocycles. The van der Waals surface area contributed by atoms with Gasteiger partial charge in [-0.05, 0) is 43.0 Å². The minimum absolute atomic E-state index is 0.00808. The van der Waals surface area contributed by atoms with Crippen LogP contribution in [-0.2, 0) is 27.4 Å². The number of halogens is 2. The average molecular weight is 507 g/mol. The minimum atomic E-state index is -0.506. The van der Waals surface area contributed by atoms with Crippen LogP contribution < -0.4 is 16.4 Å². The fourth-order valence-electron chi connectivity index (χ4n) is 4.02. The molecule has 2 amide bonds. The second kappa shape index (κ2) is 12.2. The van der Waals surface area contributed by atoms with Gasteiger partial charge < -0.3 is 21.1 Å². The Morgan fingerprint density at radius 1 is 1.34 bits per heavy atom. The fourth-order valence-corrected chi connectivity index (χ4v) is 4.14. The first kappa shape index (κ1) is 26.8. The molecule has 9 nitrogen and oxygen atoms in total. The number of hydrogen-bond acceptors (Lipinski definition) is 6. The summed E-state index contributed by atoms with van der Waals surface area (Å²) in [6, 6.07) is 3.66. The summed E-state index contributed by atoms with van der Waals surface area (Å²) in [6.45, 7) is 5.96. The number of aromatic nitrogens is 3. The standard InChI is InChI=1S/C24H32ClFN6O3/c1-4-18(5-2)35-22-10-16(9-21(27)23(22)29-14(3)33)24(34)28-11-17-13-32(31-30-17)12-15-6-7-19(25)20(26)8-15/h6-8,10,13,18,21-23H,4-5,9,11-12,27H2,1-3H3,(H,28,34)(H,29,33)/t21-,22+,23+/m0/s1. The van der Waals surface area contributed by atoms with E-state index in [0.29, 0.717) is 29.8 Å². The second-order valence-corrected chi connectivity index (χ2v) is 9.07. The van der Waals surface area contributed by atoms with Gasteiger partial charge in [-0.3, -0.25) is 9.59 Å². The highest BCUT2D eigenvalue weighted by Gasteiger charge is 2.35. The van der Waals surface area contributed by atoms with Crippen molar-refractivity contribution in [1.82, 2.24) is 25.6 Å². The Kier molecular flexibility index (Phi) is 9.36. The average Bonchev–Trinajstić information content (AvgIpc) is 3.27. The van der Waals surface area contributed by atoms with Crippen molar-refractivity contribution in [1.29, 1.82) is 0 Å². The van der Waals surface area contributed by atoms with Gasteiger partial charge in [0.1, 0.15) is 11.5 Å². The van der Waals surface area contributed by atoms with Crippen LogP contribution in [0.25, 0.3) is 0 Å². The van der Waals surface area contributed by atoms with Crippen LogP contribution in [0.4, 0.5) is 4.39 Å². The Bertz CT molecular complexity index is 1070. The molecule has 0 fully saturated rings. The van der Waals surface area contributed by atoms with Gasteiger partial charge in [0.05, 0.1) is 42.6 Å². The van der Waals surface area contributed by atoms with Crippen molar-refractivity contribution in [2.45, 2.75) is 77.4 Å². The number of hydrogen-bond donors (Lipinski definition) is 3. The van der Waals surface area contributed by atoms with Crippen molar-refractivity contribution >= 4 is 23.4 Å². The number of nitrogens with one attached hydrogen (secondary N) is 2. The molecule has 4 N–H and O–H groups in total. The predicted molar refractivity (Wildman–Crippen MR) is 130 cm³/mol. The summed E-state index contributed by atoms with van der Waals surface area (Å²) < 4.78 is 21.4. The molecule has 0 bridgehead atoms. The van der Waals surface area contributed by atoms with E-state index in [0.717, 1.165) is 12.8 Å². The Hall–Kier alpha value is -2.82. The number of benzene rings is 1. The highest BCUT2D eigenvalue weighted by molar-refractivity contribution is 6.30. The zero-order valence-electron chi connectivity index (χ0n) is 20.1. The van der Waals surface area contributed by atoms with E-state index in [-0.39, 0.29) is 29.5 Å². The van der Waals surface area contributed by atoms with Crippen LogP contribution in [0.3, 0.4) is 0 Å². The van der Waals surface area contributed by atoms with E-state index in [1.807, 2.05) is 13.8 Å². The molecule has 3 atom stereocenters. The Labute approximate surface area is 209 Å². The normalized spacial score (nSPS) is 20.0. The van der Waals surface area contributed by atoms with Crippen molar-refractivity contribution in [3.05, 3.63) is 58.1 Å². The number of nitrogens with zero attached hydrogens (tertiary/aromatic N) is 3. The summed E-state index contributed by atoms with van der Waals surface area (Å²) in [5.74, 6) is -0.980. The van der Waals surface area contributed by atoms with Crippen LogP contribution in [0, 0.1) is 5.82 Å². The maximum atomic E-state index is 13.7. The molecule has 0 saturated carbocycles. The van der Waals surface area contributed by atoms with Gasteiger partial charge in [0.2, 0.25) is 11.8 Å². The first-order valence-corrected chi connectivity index (χ1v) is 12.1. The molecule has 1 heterocycles. The molecule has 190 valence electrons. The number of nitrogens with two attached hydrogens (primary N) is 1. The van der Waals surface area contributed by atoms with E-state index in [1.165, 1.54) is 19.1 Å². The summed E-state index contributed by atoms with van der Waals surface area (Å²) in [6.07, 6.45) is 4.84. The zero-order chi connectivity index (χ0) is 25.5.